The van der Waals surface area contributed by atoms with E-state index in [0.29, 0.717) is 21.5 Å². The van der Waals surface area contributed by atoms with Crippen LogP contribution in [0.4, 0.5) is 0 Å². The molecule has 1 rings (SSSR count). The van der Waals surface area contributed by atoms with E-state index >= 15 is 0 Å². The number of amides is 1. The van der Waals surface area contributed by atoms with E-state index in [1.807, 2.05) is 6.92 Å². The zero-order chi connectivity index (χ0) is 15.2. The highest BCUT2D eigenvalue weighted by Crippen LogP contribution is 2.17. The fourth-order valence-corrected chi connectivity index (χ4v) is 3.36. The van der Waals surface area contributed by atoms with Crippen molar-refractivity contribution in [3.05, 3.63) is 23.2 Å². The molecule has 1 aromatic rings. The molecule has 0 aliphatic heterocycles. The fourth-order valence-electron chi connectivity index (χ4n) is 1.38. The van der Waals surface area contributed by atoms with Crippen LogP contribution >= 0.6 is 11.3 Å². The smallest absolute Gasteiger partial charge is 0.263 e. The van der Waals surface area contributed by atoms with Crippen LogP contribution in [0, 0.1) is 5.41 Å². The van der Waals surface area contributed by atoms with Gasteiger partial charge in [-0.15, -0.1) is 11.3 Å². The summed E-state index contributed by atoms with van der Waals surface area (Å²) in [6, 6.07) is 0. The van der Waals surface area contributed by atoms with Crippen molar-refractivity contribution in [1.82, 2.24) is 10.3 Å². The lowest BCUT2D eigenvalue weighted by atomic mass is 9.96. The van der Waals surface area contributed by atoms with E-state index in [1.54, 1.807) is 0 Å². The molecule has 1 unspecified atom stereocenters. The summed E-state index contributed by atoms with van der Waals surface area (Å²) in [6.07, 6.45) is 6.50. The summed E-state index contributed by atoms with van der Waals surface area (Å²) in [5.74, 6) is 0.373. The number of aromatic nitrogens is 1. The Bertz CT molecular complexity index is 502. The maximum atomic E-state index is 11.9. The summed E-state index contributed by atoms with van der Waals surface area (Å²) >= 11 is 1.20. The van der Waals surface area contributed by atoms with Crippen LogP contribution in [0.15, 0.2) is 22.7 Å². The van der Waals surface area contributed by atoms with Gasteiger partial charge in [0.15, 0.2) is 4.34 Å². The molecule has 1 amide bonds. The minimum Gasteiger partial charge on any atom is -0.351 e. The van der Waals surface area contributed by atoms with Crippen molar-refractivity contribution in [3.8, 4) is 0 Å². The van der Waals surface area contributed by atoms with Crippen molar-refractivity contribution >= 4 is 28.0 Å². The molecule has 1 atom stereocenters. The Morgan fingerprint density at radius 2 is 2.20 bits per heavy atom. The van der Waals surface area contributed by atoms with Gasteiger partial charge < -0.3 is 5.32 Å². The highest BCUT2D eigenvalue weighted by Gasteiger charge is 2.12. The number of nitrogens with zero attached hydrogens (tertiary/aromatic N) is 1. The van der Waals surface area contributed by atoms with Crippen LogP contribution in [0.2, 0.25) is 0 Å². The molecule has 1 N–H and O–H groups in total. The number of nitrogens with one attached hydrogen (secondary N) is 1. The number of thiazole rings is 1. The van der Waals surface area contributed by atoms with Gasteiger partial charge in [0.05, 0.1) is 17.0 Å². The summed E-state index contributed by atoms with van der Waals surface area (Å²) in [6.45, 7) is 8.83. The van der Waals surface area contributed by atoms with Gasteiger partial charge in [-0.1, -0.05) is 39.8 Å². The standard InChI is InChI=1S/C14H22N2O2S2/c1-5-20(18)13-16-10-11(19-13)12(17)15-9-7-6-8-14(2,3)4/h6,8,10H,5,7,9H2,1-4H3,(H,15,17)/b8-6-. The van der Waals surface area contributed by atoms with Gasteiger partial charge in [-0.3, -0.25) is 9.00 Å². The first kappa shape index (κ1) is 17.0. The average molecular weight is 314 g/mol. The second-order valence-electron chi connectivity index (χ2n) is 5.44. The summed E-state index contributed by atoms with van der Waals surface area (Å²) in [4.78, 5) is 16.4. The molecule has 0 spiro atoms. The molecule has 0 radical (unpaired) electrons. The normalized spacial score (nSPS) is 13.6. The molecule has 0 aromatic carbocycles. The second kappa shape index (κ2) is 7.69. The van der Waals surface area contributed by atoms with Gasteiger partial charge in [0, 0.05) is 12.3 Å². The monoisotopic (exact) mass is 314 g/mol. The topological polar surface area (TPSA) is 59.1 Å². The van der Waals surface area contributed by atoms with Gasteiger partial charge in [-0.05, 0) is 11.8 Å². The number of allylic oxidation sites excluding steroid dienone is 1. The molecule has 0 fully saturated rings. The summed E-state index contributed by atoms with van der Waals surface area (Å²) < 4.78 is 12.1. The first-order valence-electron chi connectivity index (χ1n) is 6.63. The molecule has 0 aliphatic carbocycles. The first-order chi connectivity index (χ1) is 9.33. The van der Waals surface area contributed by atoms with E-state index in [2.05, 4.69) is 43.2 Å². The Morgan fingerprint density at radius 1 is 1.50 bits per heavy atom. The molecule has 1 heterocycles. The van der Waals surface area contributed by atoms with Gasteiger partial charge in [0.1, 0.15) is 4.88 Å². The van der Waals surface area contributed by atoms with Gasteiger partial charge in [0.25, 0.3) is 5.91 Å². The molecule has 0 saturated carbocycles. The van der Waals surface area contributed by atoms with Crippen LogP contribution in [0.25, 0.3) is 0 Å². The fraction of sp³-hybridized carbons (Fsp3) is 0.571. The predicted octanol–water partition coefficient (Wildman–Crippen LogP) is 2.99. The lowest BCUT2D eigenvalue weighted by Crippen LogP contribution is -2.23. The minimum atomic E-state index is -1.09. The minimum absolute atomic E-state index is 0.147. The summed E-state index contributed by atoms with van der Waals surface area (Å²) in [7, 11) is -1.09. The van der Waals surface area contributed by atoms with E-state index < -0.39 is 10.8 Å². The van der Waals surface area contributed by atoms with Crippen LogP contribution in [0.5, 0.6) is 0 Å². The van der Waals surface area contributed by atoms with Crippen molar-refractivity contribution in [2.45, 2.75) is 38.5 Å². The van der Waals surface area contributed by atoms with Crippen LogP contribution in [0.3, 0.4) is 0 Å². The van der Waals surface area contributed by atoms with E-state index in [-0.39, 0.29) is 11.3 Å². The largest absolute Gasteiger partial charge is 0.351 e. The van der Waals surface area contributed by atoms with Gasteiger partial charge in [0.2, 0.25) is 0 Å². The number of carbonyl (C=O) groups is 1. The van der Waals surface area contributed by atoms with E-state index in [4.69, 9.17) is 0 Å². The third-order valence-electron chi connectivity index (χ3n) is 2.38. The van der Waals surface area contributed by atoms with Crippen LogP contribution in [0.1, 0.15) is 43.8 Å². The summed E-state index contributed by atoms with van der Waals surface area (Å²) in [5, 5.41) is 2.84. The molecule has 6 heteroatoms. The maximum Gasteiger partial charge on any atom is 0.263 e. The number of rotatable bonds is 6. The van der Waals surface area contributed by atoms with Crippen molar-refractivity contribution in [1.29, 1.82) is 0 Å². The first-order valence-corrected chi connectivity index (χ1v) is 8.77. The average Bonchev–Trinajstić information content (AvgIpc) is 2.85. The molecule has 1 aromatic heterocycles. The number of hydrogen-bond acceptors (Lipinski definition) is 4. The third-order valence-corrected chi connectivity index (χ3v) is 5.00. The number of carbonyl (C=O) groups excluding carboxylic acids is 1. The number of hydrogen-bond donors (Lipinski definition) is 1. The highest BCUT2D eigenvalue weighted by molar-refractivity contribution is 7.87. The molecule has 0 saturated heterocycles. The molecule has 112 valence electrons. The Hall–Kier alpha value is -1.01. The third kappa shape index (κ3) is 5.96. The van der Waals surface area contributed by atoms with Gasteiger partial charge in [-0.2, -0.15) is 0 Å². The predicted molar refractivity (Wildman–Crippen MR) is 84.6 cm³/mol. The van der Waals surface area contributed by atoms with E-state index in [1.165, 1.54) is 17.5 Å². The van der Waals surface area contributed by atoms with Crippen molar-refractivity contribution < 1.29 is 9.00 Å². The second-order valence-corrected chi connectivity index (χ2v) is 8.38. The lowest BCUT2D eigenvalue weighted by molar-refractivity contribution is 0.0958. The lowest BCUT2D eigenvalue weighted by Gasteiger charge is -2.10. The van der Waals surface area contributed by atoms with E-state index in [9.17, 15) is 9.00 Å². The Balaban J connectivity index is 2.42. The maximum absolute atomic E-state index is 11.9. The van der Waals surface area contributed by atoms with Gasteiger partial charge in [-0.25, -0.2) is 4.98 Å². The van der Waals surface area contributed by atoms with Crippen molar-refractivity contribution in [2.24, 2.45) is 5.41 Å². The van der Waals surface area contributed by atoms with Crippen molar-refractivity contribution in [3.63, 3.8) is 0 Å². The molecular weight excluding hydrogens is 292 g/mol. The molecule has 4 nitrogen and oxygen atoms in total. The molecule has 0 aliphatic rings. The summed E-state index contributed by atoms with van der Waals surface area (Å²) in [5.41, 5.74) is 0.167. The molecule has 0 bridgehead atoms. The van der Waals surface area contributed by atoms with Crippen molar-refractivity contribution in [2.75, 3.05) is 12.3 Å². The van der Waals surface area contributed by atoms with E-state index in [0.717, 1.165) is 6.42 Å². The quantitative estimate of drug-likeness (QED) is 0.648. The van der Waals surface area contributed by atoms with Crippen LogP contribution in [-0.2, 0) is 10.8 Å². The SMILES string of the molecule is CCS(=O)c1ncc(C(=O)NCC/C=C\C(C)(C)C)s1. The Morgan fingerprint density at radius 3 is 2.80 bits per heavy atom. The molecular formula is C14H22N2O2S2. The zero-order valence-electron chi connectivity index (χ0n) is 12.4. The van der Waals surface area contributed by atoms with Crippen LogP contribution < -0.4 is 5.32 Å². The zero-order valence-corrected chi connectivity index (χ0v) is 14.1. The molecule has 20 heavy (non-hydrogen) atoms. The highest BCUT2D eigenvalue weighted by atomic mass is 32.2. The van der Waals surface area contributed by atoms with Gasteiger partial charge >= 0.3 is 0 Å². The Kier molecular flexibility index (Phi) is 6.55. The van der Waals surface area contributed by atoms with Crippen LogP contribution in [-0.4, -0.2) is 27.4 Å². The Labute approximate surface area is 127 Å².